The second kappa shape index (κ2) is 4.31. The lowest BCUT2D eigenvalue weighted by molar-refractivity contribution is 0.504. The summed E-state index contributed by atoms with van der Waals surface area (Å²) in [5, 5.41) is 8.34. The molecular weight excluding hydrogens is 188 g/mol. The van der Waals surface area contributed by atoms with Gasteiger partial charge in [-0.05, 0) is 18.3 Å². The van der Waals surface area contributed by atoms with Gasteiger partial charge in [-0.2, -0.15) is 0 Å². The molecule has 0 aromatic carbocycles. The Morgan fingerprint density at radius 3 is 2.73 bits per heavy atom. The summed E-state index contributed by atoms with van der Waals surface area (Å²) in [4.78, 5) is 0. The highest BCUT2D eigenvalue weighted by molar-refractivity contribution is 5.13. The summed E-state index contributed by atoms with van der Waals surface area (Å²) in [5.74, 6) is 1.40. The molecule has 0 unspecified atom stereocenters. The molecule has 0 aliphatic heterocycles. The lowest BCUT2D eigenvalue weighted by atomic mass is 10.1. The Kier molecular flexibility index (Phi) is 3.05. The van der Waals surface area contributed by atoms with E-state index >= 15 is 0 Å². The highest BCUT2D eigenvalue weighted by Crippen LogP contribution is 2.33. The minimum atomic E-state index is 0.456. The molecule has 0 saturated heterocycles. The average Bonchev–Trinajstić information content (AvgIpc) is 2.93. The first kappa shape index (κ1) is 10.6. The molecule has 4 heteroatoms. The third kappa shape index (κ3) is 2.37. The predicted octanol–water partition coefficient (Wildman–Crippen LogP) is 1.66. The van der Waals surface area contributed by atoms with E-state index < -0.39 is 0 Å². The van der Waals surface area contributed by atoms with Crippen LogP contribution in [0.4, 0.5) is 0 Å². The van der Waals surface area contributed by atoms with E-state index in [1.807, 2.05) is 4.68 Å². The maximum absolute atomic E-state index is 5.65. The fourth-order valence-corrected chi connectivity index (χ4v) is 2.01. The molecule has 0 atom stereocenters. The summed E-state index contributed by atoms with van der Waals surface area (Å²) in [7, 11) is 0. The zero-order valence-corrected chi connectivity index (χ0v) is 9.61. The van der Waals surface area contributed by atoms with Gasteiger partial charge in [0.1, 0.15) is 0 Å². The maximum Gasteiger partial charge on any atom is 0.0997 e. The highest BCUT2D eigenvalue weighted by atomic mass is 15.4. The van der Waals surface area contributed by atoms with Crippen LogP contribution in [0.15, 0.2) is 0 Å². The standard InChI is InChI=1S/C11H20N4/c1-8(2)11-10(7-12)13-14-15(11)6-5-9-3-4-9/h8-9H,3-7,12H2,1-2H3. The Bertz CT molecular complexity index is 325. The van der Waals surface area contributed by atoms with Gasteiger partial charge in [0.2, 0.25) is 0 Å². The van der Waals surface area contributed by atoms with Crippen molar-refractivity contribution >= 4 is 0 Å². The molecule has 2 N–H and O–H groups in total. The largest absolute Gasteiger partial charge is 0.325 e. The molecule has 0 amide bonds. The van der Waals surface area contributed by atoms with Crippen LogP contribution in [0.3, 0.4) is 0 Å². The van der Waals surface area contributed by atoms with Crippen LogP contribution < -0.4 is 5.73 Å². The predicted molar refractivity (Wildman–Crippen MR) is 59.3 cm³/mol. The number of rotatable bonds is 5. The Labute approximate surface area is 90.8 Å². The summed E-state index contributed by atoms with van der Waals surface area (Å²) in [5.41, 5.74) is 7.83. The summed E-state index contributed by atoms with van der Waals surface area (Å²) >= 11 is 0. The fraction of sp³-hybridized carbons (Fsp3) is 0.818. The Hall–Kier alpha value is -0.900. The molecule has 1 aliphatic carbocycles. The van der Waals surface area contributed by atoms with E-state index in [1.165, 1.54) is 25.0 Å². The van der Waals surface area contributed by atoms with Crippen molar-refractivity contribution in [1.29, 1.82) is 0 Å². The minimum absolute atomic E-state index is 0.456. The third-order valence-electron chi connectivity index (χ3n) is 3.03. The molecule has 1 aliphatic rings. The van der Waals surface area contributed by atoms with Crippen molar-refractivity contribution in [3.63, 3.8) is 0 Å². The minimum Gasteiger partial charge on any atom is -0.325 e. The molecule has 0 bridgehead atoms. The normalized spacial score (nSPS) is 16.3. The number of aryl methyl sites for hydroxylation is 1. The number of hydrogen-bond acceptors (Lipinski definition) is 3. The van der Waals surface area contributed by atoms with Gasteiger partial charge in [0.05, 0.1) is 11.4 Å². The maximum atomic E-state index is 5.65. The Balaban J connectivity index is 2.09. The van der Waals surface area contributed by atoms with Crippen molar-refractivity contribution in [3.05, 3.63) is 11.4 Å². The average molecular weight is 208 g/mol. The number of hydrogen-bond donors (Lipinski definition) is 1. The van der Waals surface area contributed by atoms with Gasteiger partial charge >= 0.3 is 0 Å². The molecule has 1 aromatic rings. The van der Waals surface area contributed by atoms with Crippen molar-refractivity contribution < 1.29 is 0 Å². The lowest BCUT2D eigenvalue weighted by Gasteiger charge is -2.10. The summed E-state index contributed by atoms with van der Waals surface area (Å²) in [6.07, 6.45) is 4.04. The van der Waals surface area contributed by atoms with E-state index in [0.717, 1.165) is 18.2 Å². The molecule has 4 nitrogen and oxygen atoms in total. The van der Waals surface area contributed by atoms with E-state index in [9.17, 15) is 0 Å². The third-order valence-corrected chi connectivity index (χ3v) is 3.03. The molecule has 15 heavy (non-hydrogen) atoms. The molecule has 2 rings (SSSR count). The zero-order valence-electron chi connectivity index (χ0n) is 9.61. The first-order valence-corrected chi connectivity index (χ1v) is 5.84. The molecule has 1 saturated carbocycles. The van der Waals surface area contributed by atoms with E-state index in [0.29, 0.717) is 12.5 Å². The summed E-state index contributed by atoms with van der Waals surface area (Å²) in [6.45, 7) is 5.85. The first-order valence-electron chi connectivity index (χ1n) is 5.84. The monoisotopic (exact) mass is 208 g/mol. The van der Waals surface area contributed by atoms with Crippen LogP contribution in [0.1, 0.15) is 50.4 Å². The molecule has 0 spiro atoms. The summed E-state index contributed by atoms with van der Waals surface area (Å²) < 4.78 is 2.05. The quantitative estimate of drug-likeness (QED) is 0.800. The van der Waals surface area contributed by atoms with Gasteiger partial charge in [-0.3, -0.25) is 0 Å². The fourth-order valence-electron chi connectivity index (χ4n) is 2.01. The van der Waals surface area contributed by atoms with Crippen LogP contribution >= 0.6 is 0 Å². The second-order valence-electron chi connectivity index (χ2n) is 4.74. The van der Waals surface area contributed by atoms with Crippen LogP contribution in [-0.2, 0) is 13.1 Å². The van der Waals surface area contributed by atoms with Crippen LogP contribution in [0.5, 0.6) is 0 Å². The molecule has 84 valence electrons. The Morgan fingerprint density at radius 1 is 1.47 bits per heavy atom. The van der Waals surface area contributed by atoms with Gasteiger partial charge in [-0.25, -0.2) is 4.68 Å². The van der Waals surface area contributed by atoms with Crippen molar-refractivity contribution in [2.45, 2.75) is 52.1 Å². The zero-order chi connectivity index (χ0) is 10.8. The second-order valence-corrected chi connectivity index (χ2v) is 4.74. The van der Waals surface area contributed by atoms with Crippen molar-refractivity contribution in [2.75, 3.05) is 0 Å². The van der Waals surface area contributed by atoms with Crippen LogP contribution in [-0.4, -0.2) is 15.0 Å². The summed E-state index contributed by atoms with van der Waals surface area (Å²) in [6, 6.07) is 0. The SMILES string of the molecule is CC(C)c1c(CN)nnn1CCC1CC1. The van der Waals surface area contributed by atoms with Gasteiger partial charge in [0.25, 0.3) is 0 Å². The van der Waals surface area contributed by atoms with E-state index in [2.05, 4.69) is 24.2 Å². The smallest absolute Gasteiger partial charge is 0.0997 e. The number of aromatic nitrogens is 3. The highest BCUT2D eigenvalue weighted by Gasteiger charge is 2.22. The molecular formula is C11H20N4. The van der Waals surface area contributed by atoms with Gasteiger partial charge in [-0.1, -0.05) is 31.9 Å². The van der Waals surface area contributed by atoms with Crippen molar-refractivity contribution in [2.24, 2.45) is 11.7 Å². The van der Waals surface area contributed by atoms with Gasteiger partial charge < -0.3 is 5.73 Å². The van der Waals surface area contributed by atoms with Crippen molar-refractivity contribution in [3.8, 4) is 0 Å². The van der Waals surface area contributed by atoms with Crippen LogP contribution in [0.2, 0.25) is 0 Å². The first-order chi connectivity index (χ1) is 7.22. The molecule has 1 fully saturated rings. The number of nitrogens with two attached hydrogens (primary N) is 1. The molecule has 1 heterocycles. The van der Waals surface area contributed by atoms with E-state index in [-0.39, 0.29) is 0 Å². The molecule has 0 radical (unpaired) electrons. The van der Waals surface area contributed by atoms with Gasteiger partial charge in [0.15, 0.2) is 0 Å². The van der Waals surface area contributed by atoms with Crippen LogP contribution in [0.25, 0.3) is 0 Å². The van der Waals surface area contributed by atoms with Gasteiger partial charge in [-0.15, -0.1) is 5.10 Å². The van der Waals surface area contributed by atoms with E-state index in [1.54, 1.807) is 0 Å². The van der Waals surface area contributed by atoms with Crippen molar-refractivity contribution in [1.82, 2.24) is 15.0 Å². The Morgan fingerprint density at radius 2 is 2.20 bits per heavy atom. The topological polar surface area (TPSA) is 56.7 Å². The van der Waals surface area contributed by atoms with Crippen LogP contribution in [0, 0.1) is 5.92 Å². The van der Waals surface area contributed by atoms with E-state index in [4.69, 9.17) is 5.73 Å². The van der Waals surface area contributed by atoms with Gasteiger partial charge in [0, 0.05) is 13.1 Å². The molecule has 1 aromatic heterocycles. The lowest BCUT2D eigenvalue weighted by Crippen LogP contribution is -2.10. The number of nitrogens with zero attached hydrogens (tertiary/aromatic N) is 3.